The van der Waals surface area contributed by atoms with Crippen molar-refractivity contribution in [3.05, 3.63) is 0 Å². The monoisotopic (exact) mass is 165 g/mol. The molecule has 1 aliphatic rings. The van der Waals surface area contributed by atoms with Crippen molar-refractivity contribution in [1.82, 2.24) is 4.90 Å². The number of nitrogens with zero attached hydrogens (tertiary/aromatic N) is 1. The number of likely N-dealkylation sites (tertiary alicyclic amines) is 1. The lowest BCUT2D eigenvalue weighted by Crippen LogP contribution is -2.18. The average Bonchev–Trinajstić information content (AvgIpc) is 2.14. The first-order chi connectivity index (χ1) is 4.20. The highest BCUT2D eigenvalue weighted by Crippen LogP contribution is 2.13. The molecule has 60 valence electrons. The maximum absolute atomic E-state index is 10.3. The summed E-state index contributed by atoms with van der Waals surface area (Å²) in [6.07, 6.45) is 0.811. The number of carboxylic acid groups (broad SMARTS) is 1. The lowest BCUT2D eigenvalue weighted by Gasteiger charge is -2.04. The minimum Gasteiger partial charge on any atom is -0.481 e. The van der Waals surface area contributed by atoms with Crippen molar-refractivity contribution < 1.29 is 9.90 Å². The molecule has 0 aromatic heterocycles. The van der Waals surface area contributed by atoms with Crippen LogP contribution in [-0.4, -0.2) is 36.1 Å². The zero-order valence-electron chi connectivity index (χ0n) is 5.91. The molecule has 1 fully saturated rings. The Bertz CT molecular complexity index is 129. The van der Waals surface area contributed by atoms with Crippen LogP contribution >= 0.6 is 12.4 Å². The highest BCUT2D eigenvalue weighted by Gasteiger charge is 2.24. The summed E-state index contributed by atoms with van der Waals surface area (Å²) in [6.45, 7) is 1.65. The van der Waals surface area contributed by atoms with Gasteiger partial charge in [0.1, 0.15) is 0 Å². The lowest BCUT2D eigenvalue weighted by molar-refractivity contribution is -0.141. The highest BCUT2D eigenvalue weighted by atomic mass is 35.5. The molecule has 1 N–H and O–H groups in total. The van der Waals surface area contributed by atoms with Crippen LogP contribution in [0.3, 0.4) is 0 Å². The zero-order chi connectivity index (χ0) is 6.85. The summed E-state index contributed by atoms with van der Waals surface area (Å²) < 4.78 is 0. The van der Waals surface area contributed by atoms with Gasteiger partial charge in [-0.2, -0.15) is 0 Å². The van der Waals surface area contributed by atoms with Crippen LogP contribution in [0.2, 0.25) is 0 Å². The molecule has 0 bridgehead atoms. The fourth-order valence-corrected chi connectivity index (χ4v) is 1.14. The molecular formula is C6H12ClNO2. The van der Waals surface area contributed by atoms with E-state index in [2.05, 4.69) is 0 Å². The van der Waals surface area contributed by atoms with Gasteiger partial charge < -0.3 is 10.0 Å². The number of hydrogen-bond donors (Lipinski definition) is 1. The maximum Gasteiger partial charge on any atom is 0.307 e. The second kappa shape index (κ2) is 3.78. The van der Waals surface area contributed by atoms with Crippen molar-refractivity contribution in [3.63, 3.8) is 0 Å². The smallest absolute Gasteiger partial charge is 0.307 e. The number of hydrogen-bond acceptors (Lipinski definition) is 2. The summed E-state index contributed by atoms with van der Waals surface area (Å²) in [5, 5.41) is 8.50. The Hall–Kier alpha value is -0.280. The second-order valence-electron chi connectivity index (χ2n) is 2.59. The lowest BCUT2D eigenvalue weighted by atomic mass is 10.1. The van der Waals surface area contributed by atoms with Gasteiger partial charge >= 0.3 is 5.97 Å². The van der Waals surface area contributed by atoms with E-state index in [1.807, 2.05) is 11.9 Å². The summed E-state index contributed by atoms with van der Waals surface area (Å²) in [4.78, 5) is 12.4. The minimum atomic E-state index is -0.653. The predicted molar refractivity (Wildman–Crippen MR) is 40.5 cm³/mol. The summed E-state index contributed by atoms with van der Waals surface area (Å²) in [5.41, 5.74) is 0. The fourth-order valence-electron chi connectivity index (χ4n) is 1.14. The van der Waals surface area contributed by atoms with E-state index in [0.717, 1.165) is 19.5 Å². The quantitative estimate of drug-likeness (QED) is 0.613. The van der Waals surface area contributed by atoms with Crippen LogP contribution in [-0.2, 0) is 4.79 Å². The number of carboxylic acids is 1. The van der Waals surface area contributed by atoms with Crippen molar-refractivity contribution in [2.45, 2.75) is 6.42 Å². The molecule has 0 radical (unpaired) electrons. The molecule has 0 aromatic rings. The van der Waals surface area contributed by atoms with E-state index in [-0.39, 0.29) is 18.3 Å². The van der Waals surface area contributed by atoms with Crippen molar-refractivity contribution in [1.29, 1.82) is 0 Å². The Labute approximate surface area is 66.4 Å². The van der Waals surface area contributed by atoms with Gasteiger partial charge in [0.25, 0.3) is 0 Å². The first-order valence-electron chi connectivity index (χ1n) is 3.11. The Morgan fingerprint density at radius 3 is 2.50 bits per heavy atom. The molecule has 1 saturated heterocycles. The molecule has 0 spiro atoms. The van der Waals surface area contributed by atoms with Crippen LogP contribution in [0.25, 0.3) is 0 Å². The molecule has 0 aromatic carbocycles. The number of rotatable bonds is 1. The third kappa shape index (κ3) is 2.15. The van der Waals surface area contributed by atoms with Gasteiger partial charge in [-0.1, -0.05) is 0 Å². The van der Waals surface area contributed by atoms with E-state index in [1.54, 1.807) is 0 Å². The van der Waals surface area contributed by atoms with E-state index in [4.69, 9.17) is 5.11 Å². The molecule has 10 heavy (non-hydrogen) atoms. The highest BCUT2D eigenvalue weighted by molar-refractivity contribution is 5.85. The molecule has 1 atom stereocenters. The molecule has 1 rings (SSSR count). The summed E-state index contributed by atoms with van der Waals surface area (Å²) >= 11 is 0. The standard InChI is InChI=1S/C6H11NO2.ClH/c1-7-3-2-5(4-7)6(8)9;/h5H,2-4H2,1H3,(H,8,9);1H/t5-;/m0./s1. The summed E-state index contributed by atoms with van der Waals surface area (Å²) in [7, 11) is 1.95. The molecule has 0 unspecified atom stereocenters. The fraction of sp³-hybridized carbons (Fsp3) is 0.833. The van der Waals surface area contributed by atoms with Gasteiger partial charge in [0.15, 0.2) is 0 Å². The topological polar surface area (TPSA) is 40.5 Å². The predicted octanol–water partition coefficient (Wildman–Crippen LogP) is 0.444. The van der Waals surface area contributed by atoms with Crippen molar-refractivity contribution >= 4 is 18.4 Å². The van der Waals surface area contributed by atoms with Gasteiger partial charge in [0.2, 0.25) is 0 Å². The largest absolute Gasteiger partial charge is 0.481 e. The zero-order valence-corrected chi connectivity index (χ0v) is 6.73. The molecule has 1 heterocycles. The van der Waals surface area contributed by atoms with E-state index in [1.165, 1.54) is 0 Å². The third-order valence-electron chi connectivity index (χ3n) is 1.74. The van der Waals surface area contributed by atoms with Crippen molar-refractivity contribution in [2.24, 2.45) is 5.92 Å². The molecule has 0 amide bonds. The summed E-state index contributed by atoms with van der Waals surface area (Å²) in [5.74, 6) is -0.769. The van der Waals surface area contributed by atoms with Gasteiger partial charge in [0.05, 0.1) is 5.92 Å². The number of carbonyl (C=O) groups is 1. The van der Waals surface area contributed by atoms with Gasteiger partial charge in [-0.05, 0) is 20.0 Å². The van der Waals surface area contributed by atoms with Crippen LogP contribution in [0.15, 0.2) is 0 Å². The Balaban J connectivity index is 0.000000810. The Morgan fingerprint density at radius 1 is 1.70 bits per heavy atom. The van der Waals surface area contributed by atoms with E-state index in [9.17, 15) is 4.79 Å². The van der Waals surface area contributed by atoms with E-state index < -0.39 is 5.97 Å². The molecule has 0 aliphatic carbocycles. The molecular weight excluding hydrogens is 154 g/mol. The number of aliphatic carboxylic acids is 1. The normalized spacial score (nSPS) is 25.9. The van der Waals surface area contributed by atoms with Crippen LogP contribution in [0.4, 0.5) is 0 Å². The number of halogens is 1. The third-order valence-corrected chi connectivity index (χ3v) is 1.74. The minimum absolute atomic E-state index is 0. The maximum atomic E-state index is 10.3. The van der Waals surface area contributed by atoms with Crippen LogP contribution in [0.5, 0.6) is 0 Å². The van der Waals surface area contributed by atoms with Crippen LogP contribution in [0.1, 0.15) is 6.42 Å². The van der Waals surface area contributed by atoms with Gasteiger partial charge in [-0.25, -0.2) is 0 Å². The molecule has 1 aliphatic heterocycles. The second-order valence-corrected chi connectivity index (χ2v) is 2.59. The average molecular weight is 166 g/mol. The first-order valence-corrected chi connectivity index (χ1v) is 3.11. The van der Waals surface area contributed by atoms with Gasteiger partial charge in [0, 0.05) is 6.54 Å². The summed E-state index contributed by atoms with van der Waals surface area (Å²) in [6, 6.07) is 0. The Morgan fingerprint density at radius 2 is 2.30 bits per heavy atom. The van der Waals surface area contributed by atoms with E-state index in [0.29, 0.717) is 0 Å². The van der Waals surface area contributed by atoms with Crippen LogP contribution in [0, 0.1) is 5.92 Å². The van der Waals surface area contributed by atoms with Crippen molar-refractivity contribution in [2.75, 3.05) is 20.1 Å². The van der Waals surface area contributed by atoms with Gasteiger partial charge in [-0.15, -0.1) is 12.4 Å². The SMILES string of the molecule is CN1CC[C@H](C(=O)O)C1.Cl. The van der Waals surface area contributed by atoms with Gasteiger partial charge in [-0.3, -0.25) is 4.79 Å². The molecule has 3 nitrogen and oxygen atoms in total. The molecule has 4 heteroatoms. The first kappa shape index (κ1) is 9.72. The Kier molecular flexibility index (Phi) is 3.68. The van der Waals surface area contributed by atoms with E-state index >= 15 is 0 Å². The van der Waals surface area contributed by atoms with Crippen molar-refractivity contribution in [3.8, 4) is 0 Å². The molecule has 0 saturated carbocycles. The van der Waals surface area contributed by atoms with Crippen LogP contribution < -0.4 is 0 Å².